The summed E-state index contributed by atoms with van der Waals surface area (Å²) in [6, 6.07) is 12.9. The molecule has 120 valence electrons. The molecule has 2 heterocycles. The maximum atomic E-state index is 5.66. The van der Waals surface area contributed by atoms with Gasteiger partial charge in [-0.15, -0.1) is 0 Å². The van der Waals surface area contributed by atoms with Crippen LogP contribution in [0.4, 0.5) is 0 Å². The fourth-order valence-corrected chi connectivity index (χ4v) is 3.07. The molecule has 4 rings (SSSR count). The number of rotatable bonds is 4. The number of hydrogen-bond donors (Lipinski definition) is 1. The molecule has 23 heavy (non-hydrogen) atoms. The molecule has 1 unspecified atom stereocenters. The van der Waals surface area contributed by atoms with E-state index in [0.717, 1.165) is 36.8 Å². The maximum Gasteiger partial charge on any atom is 0.161 e. The minimum absolute atomic E-state index is 0.246. The highest BCUT2D eigenvalue weighted by Gasteiger charge is 2.15. The number of fused-ring (bicyclic) bond motifs is 2. The summed E-state index contributed by atoms with van der Waals surface area (Å²) >= 11 is 0. The summed E-state index contributed by atoms with van der Waals surface area (Å²) in [4.78, 5) is 0. The van der Waals surface area contributed by atoms with E-state index in [9.17, 15) is 0 Å². The van der Waals surface area contributed by atoms with E-state index in [2.05, 4.69) is 42.6 Å². The van der Waals surface area contributed by atoms with Crippen LogP contribution in [0.1, 0.15) is 29.7 Å². The van der Waals surface area contributed by atoms with Crippen LogP contribution < -0.4 is 19.5 Å². The molecule has 1 atom stereocenters. The number of hydrogen-bond acceptors (Lipinski definition) is 4. The summed E-state index contributed by atoms with van der Waals surface area (Å²) in [7, 11) is 0. The number of benzene rings is 2. The quantitative estimate of drug-likeness (QED) is 0.941. The average Bonchev–Trinajstić information content (AvgIpc) is 3.07. The molecule has 0 radical (unpaired) electrons. The lowest BCUT2D eigenvalue weighted by Gasteiger charge is -2.21. The first-order chi connectivity index (χ1) is 11.3. The van der Waals surface area contributed by atoms with E-state index in [1.165, 1.54) is 16.7 Å². The topological polar surface area (TPSA) is 39.7 Å². The second-order valence-corrected chi connectivity index (χ2v) is 6.05. The summed E-state index contributed by atoms with van der Waals surface area (Å²) in [5.41, 5.74) is 3.81. The van der Waals surface area contributed by atoms with Crippen LogP contribution in [0.5, 0.6) is 17.2 Å². The van der Waals surface area contributed by atoms with E-state index in [4.69, 9.17) is 14.2 Å². The van der Waals surface area contributed by atoms with Gasteiger partial charge in [0.25, 0.3) is 0 Å². The van der Waals surface area contributed by atoms with Crippen molar-refractivity contribution in [3.63, 3.8) is 0 Å². The van der Waals surface area contributed by atoms with E-state index in [0.29, 0.717) is 13.2 Å². The molecule has 2 aliphatic heterocycles. The molecule has 4 heteroatoms. The Bertz CT molecular complexity index is 714. The highest BCUT2D eigenvalue weighted by molar-refractivity contribution is 5.44. The molecule has 0 aliphatic carbocycles. The third kappa shape index (κ3) is 2.99. The van der Waals surface area contributed by atoms with Gasteiger partial charge in [-0.2, -0.15) is 0 Å². The minimum Gasteiger partial charge on any atom is -0.493 e. The van der Waals surface area contributed by atoms with Gasteiger partial charge < -0.3 is 19.5 Å². The number of ether oxygens (including phenoxy) is 3. The Hall–Kier alpha value is -2.20. The molecule has 2 aromatic carbocycles. The van der Waals surface area contributed by atoms with Crippen molar-refractivity contribution in [2.75, 3.05) is 19.8 Å². The zero-order valence-corrected chi connectivity index (χ0v) is 13.3. The summed E-state index contributed by atoms with van der Waals surface area (Å²) in [5, 5.41) is 3.58. The molecular formula is C19H21NO3. The molecule has 0 fully saturated rings. The smallest absolute Gasteiger partial charge is 0.161 e. The molecule has 0 spiro atoms. The van der Waals surface area contributed by atoms with Gasteiger partial charge in [-0.3, -0.25) is 0 Å². The van der Waals surface area contributed by atoms with E-state index in [1.807, 2.05) is 6.07 Å². The Labute approximate surface area is 136 Å². The molecule has 0 aromatic heterocycles. The SMILES string of the molecule is CC(NCc1ccc2c(c1)CCO2)c1ccc2c(c1)OCCO2. The third-order valence-electron chi connectivity index (χ3n) is 4.43. The van der Waals surface area contributed by atoms with Crippen molar-refractivity contribution in [1.29, 1.82) is 0 Å². The molecule has 0 amide bonds. The van der Waals surface area contributed by atoms with Crippen LogP contribution in [0.15, 0.2) is 36.4 Å². The van der Waals surface area contributed by atoms with E-state index in [-0.39, 0.29) is 6.04 Å². The van der Waals surface area contributed by atoms with Crippen molar-refractivity contribution < 1.29 is 14.2 Å². The van der Waals surface area contributed by atoms with Crippen molar-refractivity contribution >= 4 is 0 Å². The van der Waals surface area contributed by atoms with Gasteiger partial charge in [0.15, 0.2) is 11.5 Å². The van der Waals surface area contributed by atoms with Gasteiger partial charge in [0.1, 0.15) is 19.0 Å². The van der Waals surface area contributed by atoms with Gasteiger partial charge >= 0.3 is 0 Å². The Morgan fingerprint density at radius 2 is 1.70 bits per heavy atom. The number of nitrogens with one attached hydrogen (secondary N) is 1. The van der Waals surface area contributed by atoms with Crippen molar-refractivity contribution in [1.82, 2.24) is 5.32 Å². The van der Waals surface area contributed by atoms with Crippen LogP contribution in [0.2, 0.25) is 0 Å². The van der Waals surface area contributed by atoms with Crippen LogP contribution in [0.25, 0.3) is 0 Å². The lowest BCUT2D eigenvalue weighted by molar-refractivity contribution is 0.171. The van der Waals surface area contributed by atoms with Crippen molar-refractivity contribution in [2.45, 2.75) is 25.9 Å². The van der Waals surface area contributed by atoms with Crippen molar-refractivity contribution in [2.24, 2.45) is 0 Å². The van der Waals surface area contributed by atoms with Gasteiger partial charge in [0.05, 0.1) is 6.61 Å². The van der Waals surface area contributed by atoms with Gasteiger partial charge in [-0.25, -0.2) is 0 Å². The molecule has 0 bridgehead atoms. The van der Waals surface area contributed by atoms with Gasteiger partial charge in [0, 0.05) is 19.0 Å². The average molecular weight is 311 g/mol. The Balaban J connectivity index is 1.42. The Kier molecular flexibility index (Phi) is 3.83. The first-order valence-electron chi connectivity index (χ1n) is 8.17. The first kappa shape index (κ1) is 14.4. The first-order valence-corrected chi connectivity index (χ1v) is 8.17. The van der Waals surface area contributed by atoms with Gasteiger partial charge in [-0.05, 0) is 41.8 Å². The molecule has 0 saturated heterocycles. The highest BCUT2D eigenvalue weighted by atomic mass is 16.6. The normalized spacial score (nSPS) is 16.6. The van der Waals surface area contributed by atoms with E-state index < -0.39 is 0 Å². The van der Waals surface area contributed by atoms with Crippen LogP contribution in [-0.4, -0.2) is 19.8 Å². The molecule has 4 nitrogen and oxygen atoms in total. The second kappa shape index (κ2) is 6.13. The third-order valence-corrected chi connectivity index (χ3v) is 4.43. The summed E-state index contributed by atoms with van der Waals surface area (Å²) in [6.07, 6.45) is 1.01. The Morgan fingerprint density at radius 3 is 2.61 bits per heavy atom. The zero-order valence-electron chi connectivity index (χ0n) is 13.3. The maximum absolute atomic E-state index is 5.66. The van der Waals surface area contributed by atoms with Gasteiger partial charge in [0.2, 0.25) is 0 Å². The summed E-state index contributed by atoms with van der Waals surface area (Å²) < 4.78 is 16.8. The molecule has 1 N–H and O–H groups in total. The van der Waals surface area contributed by atoms with Crippen LogP contribution >= 0.6 is 0 Å². The fourth-order valence-electron chi connectivity index (χ4n) is 3.07. The molecule has 2 aromatic rings. The van der Waals surface area contributed by atoms with E-state index >= 15 is 0 Å². The Morgan fingerprint density at radius 1 is 0.913 bits per heavy atom. The molecule has 2 aliphatic rings. The van der Waals surface area contributed by atoms with Crippen LogP contribution in [-0.2, 0) is 13.0 Å². The summed E-state index contributed by atoms with van der Waals surface area (Å²) in [6.45, 7) is 5.06. The van der Waals surface area contributed by atoms with Crippen molar-refractivity contribution in [3.05, 3.63) is 53.1 Å². The monoisotopic (exact) mass is 311 g/mol. The summed E-state index contributed by atoms with van der Waals surface area (Å²) in [5.74, 6) is 2.72. The lowest BCUT2D eigenvalue weighted by Crippen LogP contribution is -2.19. The highest BCUT2D eigenvalue weighted by Crippen LogP contribution is 2.32. The van der Waals surface area contributed by atoms with Crippen LogP contribution in [0.3, 0.4) is 0 Å². The van der Waals surface area contributed by atoms with Crippen molar-refractivity contribution in [3.8, 4) is 17.2 Å². The van der Waals surface area contributed by atoms with E-state index in [1.54, 1.807) is 0 Å². The fraction of sp³-hybridized carbons (Fsp3) is 0.368. The molecule has 0 saturated carbocycles. The largest absolute Gasteiger partial charge is 0.493 e. The lowest BCUT2D eigenvalue weighted by atomic mass is 10.1. The predicted octanol–water partition coefficient (Wildman–Crippen LogP) is 3.24. The van der Waals surface area contributed by atoms with Crippen LogP contribution in [0, 0.1) is 0 Å². The standard InChI is InChI=1S/C19H21NO3/c1-13(15-3-5-18-19(11-15)23-9-8-22-18)20-12-14-2-4-17-16(10-14)6-7-21-17/h2-5,10-11,13,20H,6-9,12H2,1H3. The molecular weight excluding hydrogens is 290 g/mol. The minimum atomic E-state index is 0.246. The zero-order chi connectivity index (χ0) is 15.6. The predicted molar refractivity (Wildman–Crippen MR) is 88.3 cm³/mol. The van der Waals surface area contributed by atoms with Gasteiger partial charge in [-0.1, -0.05) is 18.2 Å². The second-order valence-electron chi connectivity index (χ2n) is 6.05.